The van der Waals surface area contributed by atoms with Gasteiger partial charge in [0.2, 0.25) is 0 Å². The van der Waals surface area contributed by atoms with Gasteiger partial charge in [-0.1, -0.05) is 39.5 Å². The number of esters is 1. The Morgan fingerprint density at radius 2 is 1.22 bits per heavy atom. The van der Waals surface area contributed by atoms with E-state index in [1.807, 2.05) is 0 Å². The molecule has 0 spiro atoms. The van der Waals surface area contributed by atoms with Crippen LogP contribution in [0.1, 0.15) is 58.8 Å². The zero-order valence-corrected chi connectivity index (χ0v) is 15.9. The van der Waals surface area contributed by atoms with Gasteiger partial charge in [-0.2, -0.15) is 0 Å². The number of rotatable bonds is 11. The van der Waals surface area contributed by atoms with Crippen molar-refractivity contribution < 1.29 is 39.2 Å². The molecule has 0 aromatic rings. The van der Waals surface area contributed by atoms with Crippen molar-refractivity contribution in [2.45, 2.75) is 58.8 Å². The van der Waals surface area contributed by atoms with Gasteiger partial charge in [0.1, 0.15) is 0 Å². The number of carbonyl (C=O) groups is 4. The average molecular weight is 386 g/mol. The van der Waals surface area contributed by atoms with Crippen molar-refractivity contribution in [1.82, 2.24) is 0 Å². The third-order valence-electron chi connectivity index (χ3n) is 5.16. The van der Waals surface area contributed by atoms with Crippen LogP contribution in [-0.4, -0.2) is 45.8 Å². The molecular formula is C19H30O8. The summed E-state index contributed by atoms with van der Waals surface area (Å²) in [6.07, 6.45) is 4.10. The van der Waals surface area contributed by atoms with Crippen molar-refractivity contribution in [1.29, 1.82) is 0 Å². The van der Waals surface area contributed by atoms with Gasteiger partial charge in [0.05, 0.1) is 30.3 Å². The lowest BCUT2D eigenvalue weighted by molar-refractivity contribution is -0.170. The lowest BCUT2D eigenvalue weighted by atomic mass is 9.68. The quantitative estimate of drug-likeness (QED) is 0.364. The fraction of sp³-hybridized carbons (Fsp3) is 0.789. The third-order valence-corrected chi connectivity index (χ3v) is 5.16. The van der Waals surface area contributed by atoms with Gasteiger partial charge in [-0.05, 0) is 25.2 Å². The molecule has 1 fully saturated rings. The number of aliphatic carboxylic acids is 3. The summed E-state index contributed by atoms with van der Waals surface area (Å²) in [5.41, 5.74) is 0. The molecule has 27 heavy (non-hydrogen) atoms. The molecule has 0 heterocycles. The molecule has 4 atom stereocenters. The Morgan fingerprint density at radius 1 is 0.778 bits per heavy atom. The molecular weight excluding hydrogens is 356 g/mol. The van der Waals surface area contributed by atoms with Crippen LogP contribution in [0, 0.1) is 29.6 Å². The van der Waals surface area contributed by atoms with E-state index in [-0.39, 0.29) is 13.0 Å². The third kappa shape index (κ3) is 7.19. The smallest absolute Gasteiger partial charge is 0.309 e. The van der Waals surface area contributed by atoms with E-state index in [1.54, 1.807) is 0 Å². The molecule has 1 aliphatic rings. The van der Waals surface area contributed by atoms with Crippen LogP contribution in [0.15, 0.2) is 0 Å². The minimum Gasteiger partial charge on any atom is -0.481 e. The lowest BCUT2D eigenvalue weighted by Gasteiger charge is -2.34. The molecule has 0 saturated heterocycles. The van der Waals surface area contributed by atoms with Crippen LogP contribution in [0.3, 0.4) is 0 Å². The van der Waals surface area contributed by atoms with E-state index < -0.39 is 54.0 Å². The number of carbonyl (C=O) groups excluding carboxylic acids is 1. The second kappa shape index (κ2) is 10.9. The Kier molecular flexibility index (Phi) is 9.25. The van der Waals surface area contributed by atoms with Crippen LogP contribution < -0.4 is 0 Å². The van der Waals surface area contributed by atoms with Crippen LogP contribution in [0.5, 0.6) is 0 Å². The van der Waals surface area contributed by atoms with Crippen molar-refractivity contribution in [3.63, 3.8) is 0 Å². The number of ether oxygens (including phenoxy) is 1. The minimum absolute atomic E-state index is 0.156. The molecule has 8 nitrogen and oxygen atoms in total. The SMILES string of the molecule is CC(C)CCCCCCOC(=O)C1CC(C(=O)O)C(C(=O)O)CC1C(=O)O. The monoisotopic (exact) mass is 386 g/mol. The van der Waals surface area contributed by atoms with Gasteiger partial charge in [-0.15, -0.1) is 0 Å². The molecule has 3 N–H and O–H groups in total. The molecule has 0 aromatic carbocycles. The first kappa shape index (κ1) is 22.9. The minimum atomic E-state index is -1.36. The van der Waals surface area contributed by atoms with E-state index in [0.717, 1.165) is 25.7 Å². The maximum Gasteiger partial charge on any atom is 0.309 e. The normalized spacial score (nSPS) is 25.1. The number of hydrogen-bond acceptors (Lipinski definition) is 5. The summed E-state index contributed by atoms with van der Waals surface area (Å²) in [6.45, 7) is 4.47. The topological polar surface area (TPSA) is 138 Å². The van der Waals surface area contributed by atoms with Gasteiger partial charge in [0.25, 0.3) is 0 Å². The van der Waals surface area contributed by atoms with Gasteiger partial charge < -0.3 is 20.1 Å². The van der Waals surface area contributed by atoms with E-state index >= 15 is 0 Å². The van der Waals surface area contributed by atoms with Crippen molar-refractivity contribution in [2.75, 3.05) is 6.61 Å². The van der Waals surface area contributed by atoms with Gasteiger partial charge in [-0.25, -0.2) is 0 Å². The molecule has 4 unspecified atom stereocenters. The highest BCUT2D eigenvalue weighted by molar-refractivity contribution is 5.86. The van der Waals surface area contributed by atoms with Gasteiger partial charge >= 0.3 is 23.9 Å². The average Bonchev–Trinajstić information content (AvgIpc) is 2.58. The molecule has 0 radical (unpaired) electrons. The Balaban J connectivity index is 2.58. The Hall–Kier alpha value is -2.12. The van der Waals surface area contributed by atoms with Gasteiger partial charge in [0.15, 0.2) is 0 Å². The predicted octanol–water partition coefficient (Wildman–Crippen LogP) is 2.65. The van der Waals surface area contributed by atoms with E-state index in [9.17, 15) is 34.5 Å². The Morgan fingerprint density at radius 3 is 1.70 bits per heavy atom. The van der Waals surface area contributed by atoms with E-state index in [0.29, 0.717) is 12.3 Å². The fourth-order valence-electron chi connectivity index (χ4n) is 3.57. The number of hydrogen-bond donors (Lipinski definition) is 3. The second-order valence-electron chi connectivity index (χ2n) is 7.68. The summed E-state index contributed by atoms with van der Waals surface area (Å²) in [4.78, 5) is 46.4. The fourth-order valence-corrected chi connectivity index (χ4v) is 3.57. The number of carboxylic acids is 3. The van der Waals surface area contributed by atoms with Crippen LogP contribution in [0.2, 0.25) is 0 Å². The van der Waals surface area contributed by atoms with E-state index in [1.165, 1.54) is 0 Å². The summed E-state index contributed by atoms with van der Waals surface area (Å²) in [7, 11) is 0. The van der Waals surface area contributed by atoms with Crippen LogP contribution in [0.25, 0.3) is 0 Å². The standard InChI is InChI=1S/C19H30O8/c1-11(2)7-5-3-4-6-8-27-19(26)15-10-13(17(22)23)12(16(20)21)9-14(15)18(24)25/h11-15H,3-10H2,1-2H3,(H,20,21)(H,22,23)(H,24,25). The largest absolute Gasteiger partial charge is 0.481 e. The highest BCUT2D eigenvalue weighted by Gasteiger charge is 2.49. The number of carboxylic acid groups (broad SMARTS) is 3. The zero-order chi connectivity index (χ0) is 20.6. The summed E-state index contributed by atoms with van der Waals surface area (Å²) in [6, 6.07) is 0. The molecule has 0 aromatic heterocycles. The predicted molar refractivity (Wildman–Crippen MR) is 95.0 cm³/mol. The van der Waals surface area contributed by atoms with Gasteiger partial charge in [-0.3, -0.25) is 19.2 Å². The second-order valence-corrected chi connectivity index (χ2v) is 7.68. The molecule has 1 aliphatic carbocycles. The molecule has 154 valence electrons. The first-order valence-electron chi connectivity index (χ1n) is 9.50. The van der Waals surface area contributed by atoms with Crippen LogP contribution >= 0.6 is 0 Å². The van der Waals surface area contributed by atoms with Crippen molar-refractivity contribution >= 4 is 23.9 Å². The summed E-state index contributed by atoms with van der Waals surface area (Å²) < 4.78 is 5.17. The van der Waals surface area contributed by atoms with E-state index in [4.69, 9.17) is 4.74 Å². The van der Waals surface area contributed by atoms with Gasteiger partial charge in [0, 0.05) is 0 Å². The summed E-state index contributed by atoms with van der Waals surface area (Å²) in [5.74, 6) is -9.11. The van der Waals surface area contributed by atoms with Crippen molar-refractivity contribution in [3.05, 3.63) is 0 Å². The van der Waals surface area contributed by atoms with E-state index in [2.05, 4.69) is 13.8 Å². The van der Waals surface area contributed by atoms with Crippen LogP contribution in [-0.2, 0) is 23.9 Å². The molecule has 0 amide bonds. The summed E-state index contributed by atoms with van der Waals surface area (Å²) >= 11 is 0. The maximum absolute atomic E-state index is 12.3. The molecule has 0 bridgehead atoms. The molecule has 0 aliphatic heterocycles. The van der Waals surface area contributed by atoms with Crippen LogP contribution in [0.4, 0.5) is 0 Å². The molecule has 8 heteroatoms. The zero-order valence-electron chi connectivity index (χ0n) is 15.9. The Labute approximate surface area is 158 Å². The first-order chi connectivity index (χ1) is 12.6. The number of unbranched alkanes of at least 4 members (excludes halogenated alkanes) is 3. The molecule has 1 saturated carbocycles. The maximum atomic E-state index is 12.3. The lowest BCUT2D eigenvalue weighted by Crippen LogP contribution is -2.45. The molecule has 1 rings (SSSR count). The van der Waals surface area contributed by atoms with Crippen molar-refractivity contribution in [3.8, 4) is 0 Å². The first-order valence-corrected chi connectivity index (χ1v) is 9.50. The Bertz CT molecular complexity index is 542. The highest BCUT2D eigenvalue weighted by Crippen LogP contribution is 2.39. The summed E-state index contributed by atoms with van der Waals surface area (Å²) in [5, 5.41) is 27.8. The van der Waals surface area contributed by atoms with Crippen molar-refractivity contribution in [2.24, 2.45) is 29.6 Å². The highest BCUT2D eigenvalue weighted by atomic mass is 16.5.